The summed E-state index contributed by atoms with van der Waals surface area (Å²) < 4.78 is 5.10. The largest absolute Gasteiger partial charge is 0.497 e. The second-order valence-electron chi connectivity index (χ2n) is 4.63. The van der Waals surface area contributed by atoms with Crippen molar-refractivity contribution in [1.29, 1.82) is 0 Å². The Morgan fingerprint density at radius 3 is 2.79 bits per heavy atom. The van der Waals surface area contributed by atoms with Crippen LogP contribution in [0.15, 0.2) is 40.9 Å². The van der Waals surface area contributed by atoms with Crippen LogP contribution >= 0.6 is 0 Å². The summed E-state index contributed by atoms with van der Waals surface area (Å²) in [4.78, 5) is 4.34. The van der Waals surface area contributed by atoms with Gasteiger partial charge in [0.25, 0.3) is 0 Å². The maximum absolute atomic E-state index is 5.85. The van der Waals surface area contributed by atoms with Gasteiger partial charge < -0.3 is 15.8 Å². The Kier molecular flexibility index (Phi) is 4.84. The summed E-state index contributed by atoms with van der Waals surface area (Å²) in [5, 5.41) is 3.07. The van der Waals surface area contributed by atoms with Crippen molar-refractivity contribution in [2.75, 3.05) is 19.0 Å². The second kappa shape index (κ2) is 6.83. The van der Waals surface area contributed by atoms with Crippen molar-refractivity contribution in [3.05, 3.63) is 35.9 Å². The van der Waals surface area contributed by atoms with E-state index in [1.165, 1.54) is 24.8 Å². The highest BCUT2D eigenvalue weighted by Crippen LogP contribution is 2.20. The molecule has 4 heteroatoms. The number of nitrogens with zero attached hydrogens (tertiary/aromatic N) is 1. The first-order chi connectivity index (χ1) is 9.28. The fourth-order valence-electron chi connectivity index (χ4n) is 2.15. The second-order valence-corrected chi connectivity index (χ2v) is 4.63. The number of nitrogens with one attached hydrogen (secondary N) is 1. The molecule has 1 aliphatic carbocycles. The predicted molar refractivity (Wildman–Crippen MR) is 79.7 cm³/mol. The standard InChI is InChI=1S/C15H21N3O/c1-19-14-8-6-13(7-9-14)18-15(16)17-11-10-12-4-2-3-5-12/h4,6-9H,2-3,5,10-11H2,1H3,(H3,16,17,18). The lowest BCUT2D eigenvalue weighted by Crippen LogP contribution is -2.22. The van der Waals surface area contributed by atoms with Gasteiger partial charge in [-0.1, -0.05) is 11.6 Å². The highest BCUT2D eigenvalue weighted by atomic mass is 16.5. The van der Waals surface area contributed by atoms with Crippen molar-refractivity contribution in [1.82, 2.24) is 0 Å². The van der Waals surface area contributed by atoms with Gasteiger partial charge >= 0.3 is 0 Å². The molecule has 0 saturated heterocycles. The molecule has 0 saturated carbocycles. The summed E-state index contributed by atoms with van der Waals surface area (Å²) in [5.41, 5.74) is 8.28. The van der Waals surface area contributed by atoms with Crippen LogP contribution in [0.4, 0.5) is 5.69 Å². The summed E-state index contributed by atoms with van der Waals surface area (Å²) >= 11 is 0. The molecule has 0 unspecified atom stereocenters. The van der Waals surface area contributed by atoms with Gasteiger partial charge in [0.05, 0.1) is 7.11 Å². The van der Waals surface area contributed by atoms with Gasteiger partial charge in [0.1, 0.15) is 5.75 Å². The van der Waals surface area contributed by atoms with Gasteiger partial charge in [-0.25, -0.2) is 0 Å². The number of guanidine groups is 1. The van der Waals surface area contributed by atoms with E-state index in [9.17, 15) is 0 Å². The van der Waals surface area contributed by atoms with Gasteiger partial charge in [-0.05, 0) is 49.9 Å². The number of methoxy groups -OCH3 is 1. The Morgan fingerprint density at radius 2 is 2.16 bits per heavy atom. The van der Waals surface area contributed by atoms with E-state index in [0.29, 0.717) is 5.96 Å². The minimum absolute atomic E-state index is 0.462. The first-order valence-corrected chi connectivity index (χ1v) is 6.67. The molecular formula is C15H21N3O. The topological polar surface area (TPSA) is 59.6 Å². The van der Waals surface area contributed by atoms with E-state index in [-0.39, 0.29) is 0 Å². The van der Waals surface area contributed by atoms with E-state index >= 15 is 0 Å². The van der Waals surface area contributed by atoms with Crippen LogP contribution in [0.25, 0.3) is 0 Å². The molecular weight excluding hydrogens is 238 g/mol. The number of benzene rings is 1. The first kappa shape index (κ1) is 13.5. The van der Waals surface area contributed by atoms with Crippen LogP contribution < -0.4 is 15.8 Å². The lowest BCUT2D eigenvalue weighted by atomic mass is 10.2. The highest BCUT2D eigenvalue weighted by molar-refractivity contribution is 5.92. The Hall–Kier alpha value is -1.97. The van der Waals surface area contributed by atoms with Gasteiger partial charge in [0, 0.05) is 12.2 Å². The molecule has 0 aromatic heterocycles. The molecule has 0 bridgehead atoms. The molecule has 0 fully saturated rings. The molecule has 2 rings (SSSR count). The smallest absolute Gasteiger partial charge is 0.193 e. The summed E-state index contributed by atoms with van der Waals surface area (Å²) in [6, 6.07) is 7.61. The van der Waals surface area contributed by atoms with E-state index in [1.807, 2.05) is 24.3 Å². The van der Waals surface area contributed by atoms with Crippen LogP contribution in [0.3, 0.4) is 0 Å². The normalized spacial score (nSPS) is 15.2. The molecule has 19 heavy (non-hydrogen) atoms. The van der Waals surface area contributed by atoms with Gasteiger partial charge in [0.2, 0.25) is 0 Å². The minimum Gasteiger partial charge on any atom is -0.497 e. The molecule has 0 aliphatic heterocycles. The third-order valence-electron chi connectivity index (χ3n) is 3.21. The monoisotopic (exact) mass is 259 g/mol. The lowest BCUT2D eigenvalue weighted by molar-refractivity contribution is 0.415. The molecule has 0 amide bonds. The third kappa shape index (κ3) is 4.32. The number of nitrogens with two attached hydrogens (primary N) is 1. The van der Waals surface area contributed by atoms with Crippen LogP contribution in [-0.4, -0.2) is 19.6 Å². The van der Waals surface area contributed by atoms with Gasteiger partial charge in [-0.15, -0.1) is 0 Å². The molecule has 4 nitrogen and oxygen atoms in total. The molecule has 3 N–H and O–H groups in total. The zero-order chi connectivity index (χ0) is 13.5. The van der Waals surface area contributed by atoms with Crippen molar-refractivity contribution in [2.24, 2.45) is 10.7 Å². The van der Waals surface area contributed by atoms with E-state index in [1.54, 1.807) is 7.11 Å². The van der Waals surface area contributed by atoms with E-state index in [4.69, 9.17) is 10.5 Å². The molecule has 102 valence electrons. The molecule has 1 aromatic rings. The number of aliphatic imine (C=N–C) groups is 1. The van der Waals surface area contributed by atoms with Crippen molar-refractivity contribution >= 4 is 11.6 Å². The summed E-state index contributed by atoms with van der Waals surface area (Å²) in [5.74, 6) is 1.29. The first-order valence-electron chi connectivity index (χ1n) is 6.67. The lowest BCUT2D eigenvalue weighted by Gasteiger charge is -2.06. The summed E-state index contributed by atoms with van der Waals surface area (Å²) in [7, 11) is 1.65. The average molecular weight is 259 g/mol. The number of ether oxygens (including phenoxy) is 1. The number of rotatable bonds is 5. The zero-order valence-corrected chi connectivity index (χ0v) is 11.4. The SMILES string of the molecule is COc1ccc(NC(N)=NCCC2=CCCC2)cc1. The molecule has 0 spiro atoms. The fraction of sp³-hybridized carbons (Fsp3) is 0.400. The Balaban J connectivity index is 1.79. The molecule has 1 aliphatic rings. The molecule has 0 radical (unpaired) electrons. The van der Waals surface area contributed by atoms with Crippen molar-refractivity contribution < 1.29 is 4.74 Å². The molecule has 0 atom stereocenters. The number of hydrogen-bond acceptors (Lipinski definition) is 2. The fourth-order valence-corrected chi connectivity index (χ4v) is 2.15. The number of hydrogen-bond donors (Lipinski definition) is 2. The molecule has 1 aromatic carbocycles. The summed E-state index contributed by atoms with van der Waals surface area (Å²) in [6.45, 7) is 0.751. The van der Waals surface area contributed by atoms with Crippen LogP contribution in [0.1, 0.15) is 25.7 Å². The van der Waals surface area contributed by atoms with Gasteiger partial charge in [-0.2, -0.15) is 0 Å². The van der Waals surface area contributed by atoms with Crippen LogP contribution in [0, 0.1) is 0 Å². The predicted octanol–water partition coefficient (Wildman–Crippen LogP) is 2.92. The van der Waals surface area contributed by atoms with Crippen LogP contribution in [0.5, 0.6) is 5.75 Å². The van der Waals surface area contributed by atoms with Crippen molar-refractivity contribution in [2.45, 2.75) is 25.7 Å². The Morgan fingerprint density at radius 1 is 1.37 bits per heavy atom. The quantitative estimate of drug-likeness (QED) is 0.485. The van der Waals surface area contributed by atoms with E-state index in [2.05, 4.69) is 16.4 Å². The molecule has 0 heterocycles. The number of allylic oxidation sites excluding steroid dienone is 1. The van der Waals surface area contributed by atoms with Crippen molar-refractivity contribution in [3.63, 3.8) is 0 Å². The van der Waals surface area contributed by atoms with E-state index in [0.717, 1.165) is 24.4 Å². The van der Waals surface area contributed by atoms with Gasteiger partial charge in [-0.3, -0.25) is 4.99 Å². The maximum Gasteiger partial charge on any atom is 0.193 e. The van der Waals surface area contributed by atoms with E-state index < -0.39 is 0 Å². The highest BCUT2D eigenvalue weighted by Gasteiger charge is 2.03. The Labute approximate surface area is 114 Å². The van der Waals surface area contributed by atoms with Crippen molar-refractivity contribution in [3.8, 4) is 5.75 Å². The third-order valence-corrected chi connectivity index (χ3v) is 3.21. The van der Waals surface area contributed by atoms with Gasteiger partial charge in [0.15, 0.2) is 5.96 Å². The zero-order valence-electron chi connectivity index (χ0n) is 11.4. The minimum atomic E-state index is 0.462. The Bertz CT molecular complexity index is 463. The summed E-state index contributed by atoms with van der Waals surface area (Å²) in [6.07, 6.45) is 7.08. The van der Waals surface area contributed by atoms with Crippen LogP contribution in [-0.2, 0) is 0 Å². The number of anilines is 1. The average Bonchev–Trinajstić information content (AvgIpc) is 2.93. The maximum atomic E-state index is 5.85. The van der Waals surface area contributed by atoms with Crippen LogP contribution in [0.2, 0.25) is 0 Å².